The maximum atomic E-state index is 5.79. The molecule has 2 unspecified atom stereocenters. The van der Waals surface area contributed by atoms with E-state index in [2.05, 4.69) is 45.0 Å². The van der Waals surface area contributed by atoms with Crippen LogP contribution in [0.5, 0.6) is 0 Å². The van der Waals surface area contributed by atoms with E-state index < -0.39 is 0 Å². The SMILES string of the molecule is CCNC(=NCCC(OCC)C(C)C)N(C)CC1CCOC1.I. The molecule has 1 saturated heterocycles. The minimum Gasteiger partial charge on any atom is -0.381 e. The predicted molar refractivity (Wildman–Crippen MR) is 108 cm³/mol. The third-order valence-electron chi connectivity index (χ3n) is 4.05. The lowest BCUT2D eigenvalue weighted by molar-refractivity contribution is 0.0266. The highest BCUT2D eigenvalue weighted by Gasteiger charge is 2.19. The van der Waals surface area contributed by atoms with Crippen LogP contribution in [-0.2, 0) is 9.47 Å². The van der Waals surface area contributed by atoms with Crippen LogP contribution in [0.3, 0.4) is 0 Å². The minimum absolute atomic E-state index is 0. The molecule has 1 fully saturated rings. The largest absolute Gasteiger partial charge is 0.381 e. The second kappa shape index (κ2) is 13.2. The number of hydrogen-bond donors (Lipinski definition) is 1. The molecule has 0 aromatic rings. The summed E-state index contributed by atoms with van der Waals surface area (Å²) >= 11 is 0. The van der Waals surface area contributed by atoms with Gasteiger partial charge in [0.1, 0.15) is 0 Å². The molecular weight excluding hydrogens is 405 g/mol. The third-order valence-corrected chi connectivity index (χ3v) is 4.05. The molecule has 0 aliphatic carbocycles. The molecule has 2 atom stereocenters. The molecule has 0 saturated carbocycles. The molecule has 1 N–H and O–H groups in total. The Morgan fingerprint density at radius 1 is 1.39 bits per heavy atom. The van der Waals surface area contributed by atoms with Gasteiger partial charge in [-0.1, -0.05) is 13.8 Å². The van der Waals surface area contributed by atoms with E-state index in [1.165, 1.54) is 0 Å². The number of aliphatic imine (C=N–C) groups is 1. The summed E-state index contributed by atoms with van der Waals surface area (Å²) < 4.78 is 11.3. The van der Waals surface area contributed by atoms with Crippen LogP contribution < -0.4 is 5.32 Å². The first kappa shape index (κ1) is 22.9. The smallest absolute Gasteiger partial charge is 0.193 e. The molecular formula is C17H36IN3O2. The van der Waals surface area contributed by atoms with Crippen LogP contribution in [0.15, 0.2) is 4.99 Å². The maximum Gasteiger partial charge on any atom is 0.193 e. The number of ether oxygens (including phenoxy) is 2. The van der Waals surface area contributed by atoms with Crippen molar-refractivity contribution in [1.29, 1.82) is 0 Å². The lowest BCUT2D eigenvalue weighted by Gasteiger charge is -2.25. The second-order valence-corrected chi connectivity index (χ2v) is 6.37. The molecule has 1 heterocycles. The van der Waals surface area contributed by atoms with Crippen LogP contribution in [0.25, 0.3) is 0 Å². The molecule has 1 rings (SSSR count). The zero-order valence-corrected chi connectivity index (χ0v) is 17.8. The average Bonchev–Trinajstić information content (AvgIpc) is 2.97. The highest BCUT2D eigenvalue weighted by atomic mass is 127. The van der Waals surface area contributed by atoms with E-state index in [0.29, 0.717) is 17.9 Å². The molecule has 1 aliphatic rings. The van der Waals surface area contributed by atoms with Gasteiger partial charge in [-0.25, -0.2) is 0 Å². The van der Waals surface area contributed by atoms with Crippen LogP contribution >= 0.6 is 24.0 Å². The lowest BCUT2D eigenvalue weighted by Crippen LogP contribution is -2.41. The van der Waals surface area contributed by atoms with Crippen molar-refractivity contribution in [3.05, 3.63) is 0 Å². The topological polar surface area (TPSA) is 46.1 Å². The maximum absolute atomic E-state index is 5.79. The van der Waals surface area contributed by atoms with Crippen molar-refractivity contribution in [2.45, 2.75) is 46.6 Å². The molecule has 5 nitrogen and oxygen atoms in total. The van der Waals surface area contributed by atoms with Crippen LogP contribution in [-0.4, -0.2) is 63.5 Å². The summed E-state index contributed by atoms with van der Waals surface area (Å²) in [5.74, 6) is 2.15. The van der Waals surface area contributed by atoms with Gasteiger partial charge in [0.05, 0.1) is 12.7 Å². The summed E-state index contributed by atoms with van der Waals surface area (Å²) in [6.45, 7) is 13.8. The quantitative estimate of drug-likeness (QED) is 0.340. The third kappa shape index (κ3) is 9.10. The Bertz CT molecular complexity index is 321. The molecule has 0 aromatic carbocycles. The zero-order valence-electron chi connectivity index (χ0n) is 15.5. The molecule has 1 aliphatic heterocycles. The average molecular weight is 441 g/mol. The molecule has 0 radical (unpaired) electrons. The van der Waals surface area contributed by atoms with Crippen molar-refractivity contribution in [2.24, 2.45) is 16.8 Å². The van der Waals surface area contributed by atoms with Gasteiger partial charge in [0, 0.05) is 45.8 Å². The molecule has 0 spiro atoms. The number of halogens is 1. The van der Waals surface area contributed by atoms with Gasteiger partial charge in [0.2, 0.25) is 0 Å². The van der Waals surface area contributed by atoms with Gasteiger partial charge in [-0.2, -0.15) is 0 Å². The molecule has 23 heavy (non-hydrogen) atoms. The first-order valence-corrected chi connectivity index (χ1v) is 8.77. The van der Waals surface area contributed by atoms with Gasteiger partial charge in [-0.15, -0.1) is 24.0 Å². The van der Waals surface area contributed by atoms with Crippen molar-refractivity contribution >= 4 is 29.9 Å². The number of rotatable bonds is 9. The first-order valence-electron chi connectivity index (χ1n) is 8.77. The number of hydrogen-bond acceptors (Lipinski definition) is 3. The van der Waals surface area contributed by atoms with Crippen LogP contribution in [0.2, 0.25) is 0 Å². The highest BCUT2D eigenvalue weighted by molar-refractivity contribution is 14.0. The fraction of sp³-hybridized carbons (Fsp3) is 0.941. The molecule has 0 aromatic heterocycles. The van der Waals surface area contributed by atoms with Crippen molar-refractivity contribution < 1.29 is 9.47 Å². The molecule has 6 heteroatoms. The van der Waals surface area contributed by atoms with Gasteiger partial charge in [0.15, 0.2) is 5.96 Å². The predicted octanol–water partition coefficient (Wildman–Crippen LogP) is 2.99. The van der Waals surface area contributed by atoms with Crippen molar-refractivity contribution in [2.75, 3.05) is 46.5 Å². The van der Waals surface area contributed by atoms with Crippen molar-refractivity contribution in [1.82, 2.24) is 10.2 Å². The summed E-state index contributed by atoms with van der Waals surface area (Å²) in [6.07, 6.45) is 2.43. The Morgan fingerprint density at radius 2 is 2.13 bits per heavy atom. The van der Waals surface area contributed by atoms with Gasteiger partial charge in [-0.05, 0) is 32.6 Å². The van der Waals surface area contributed by atoms with Gasteiger partial charge < -0.3 is 19.7 Å². The van der Waals surface area contributed by atoms with Gasteiger partial charge in [0.25, 0.3) is 0 Å². The van der Waals surface area contributed by atoms with E-state index in [4.69, 9.17) is 14.5 Å². The summed E-state index contributed by atoms with van der Waals surface area (Å²) in [7, 11) is 2.11. The fourth-order valence-corrected chi connectivity index (χ4v) is 2.79. The number of guanidine groups is 1. The normalized spacial score (nSPS) is 19.6. The second-order valence-electron chi connectivity index (χ2n) is 6.37. The molecule has 0 bridgehead atoms. The standard InChI is InChI=1S/C17H35N3O2.HI/c1-6-18-17(20(5)12-15-9-11-21-13-15)19-10-8-16(14(3)4)22-7-2;/h14-16H,6-13H2,1-5H3,(H,18,19);1H. The van der Waals surface area contributed by atoms with E-state index >= 15 is 0 Å². The van der Waals surface area contributed by atoms with Crippen molar-refractivity contribution in [3.8, 4) is 0 Å². The fourth-order valence-electron chi connectivity index (χ4n) is 2.79. The monoisotopic (exact) mass is 441 g/mol. The van der Waals surface area contributed by atoms with E-state index in [0.717, 1.165) is 58.3 Å². The Hall–Kier alpha value is -0.0800. The Balaban J connectivity index is 0.00000484. The summed E-state index contributed by atoms with van der Waals surface area (Å²) in [4.78, 5) is 7.00. The van der Waals surface area contributed by atoms with E-state index in [1.807, 2.05) is 0 Å². The van der Waals surface area contributed by atoms with Crippen LogP contribution in [0, 0.1) is 11.8 Å². The van der Waals surface area contributed by atoms with E-state index in [1.54, 1.807) is 0 Å². The zero-order chi connectivity index (χ0) is 16.4. The minimum atomic E-state index is 0. The van der Waals surface area contributed by atoms with Crippen LogP contribution in [0.4, 0.5) is 0 Å². The number of nitrogens with zero attached hydrogens (tertiary/aromatic N) is 2. The van der Waals surface area contributed by atoms with Gasteiger partial charge in [-0.3, -0.25) is 4.99 Å². The Labute approximate surface area is 159 Å². The van der Waals surface area contributed by atoms with Gasteiger partial charge >= 0.3 is 0 Å². The van der Waals surface area contributed by atoms with E-state index in [9.17, 15) is 0 Å². The number of nitrogens with one attached hydrogen (secondary N) is 1. The molecule has 0 amide bonds. The van der Waals surface area contributed by atoms with Crippen LogP contribution in [0.1, 0.15) is 40.5 Å². The highest BCUT2D eigenvalue weighted by Crippen LogP contribution is 2.14. The Kier molecular flexibility index (Phi) is 13.2. The Morgan fingerprint density at radius 3 is 2.65 bits per heavy atom. The summed E-state index contributed by atoms with van der Waals surface area (Å²) in [5.41, 5.74) is 0. The van der Waals surface area contributed by atoms with Crippen molar-refractivity contribution in [3.63, 3.8) is 0 Å². The first-order chi connectivity index (χ1) is 10.6. The molecule has 138 valence electrons. The lowest BCUT2D eigenvalue weighted by atomic mass is 10.0. The van der Waals surface area contributed by atoms with E-state index in [-0.39, 0.29) is 24.0 Å². The summed E-state index contributed by atoms with van der Waals surface area (Å²) in [5, 5.41) is 3.39. The summed E-state index contributed by atoms with van der Waals surface area (Å²) in [6, 6.07) is 0.